The molecule has 2 rings (SSSR count). The third-order valence-corrected chi connectivity index (χ3v) is 3.52. The third-order valence-electron chi connectivity index (χ3n) is 2.87. The van der Waals surface area contributed by atoms with Crippen molar-refractivity contribution < 1.29 is 14.3 Å². The topological polar surface area (TPSA) is 58.6 Å². The van der Waals surface area contributed by atoms with Crippen LogP contribution in [0.3, 0.4) is 0 Å². The molecule has 0 aliphatic carbocycles. The normalized spacial score (nSPS) is 15.2. The number of hydrogen-bond acceptors (Lipinski definition) is 3. The monoisotopic (exact) mass is 326 g/mol. The lowest BCUT2D eigenvalue weighted by molar-refractivity contribution is -0.145. The molecule has 19 heavy (non-hydrogen) atoms. The van der Waals surface area contributed by atoms with Gasteiger partial charge < -0.3 is 15.0 Å². The van der Waals surface area contributed by atoms with Crippen molar-refractivity contribution in [3.63, 3.8) is 0 Å². The van der Waals surface area contributed by atoms with E-state index >= 15 is 0 Å². The predicted octanol–water partition coefficient (Wildman–Crippen LogP) is 1.55. The molecule has 102 valence electrons. The van der Waals surface area contributed by atoms with Crippen molar-refractivity contribution >= 4 is 33.4 Å². The number of aryl methyl sites for hydroxylation is 1. The van der Waals surface area contributed by atoms with Gasteiger partial charge in [-0.1, -0.05) is 6.07 Å². The zero-order valence-corrected chi connectivity index (χ0v) is 12.2. The lowest BCUT2D eigenvalue weighted by Gasteiger charge is -2.26. The molecule has 0 bridgehead atoms. The van der Waals surface area contributed by atoms with Crippen LogP contribution in [0.15, 0.2) is 22.7 Å². The summed E-state index contributed by atoms with van der Waals surface area (Å²) >= 11 is 3.36. The highest BCUT2D eigenvalue weighted by Crippen LogP contribution is 2.23. The number of nitrogens with zero attached hydrogens (tertiary/aromatic N) is 1. The second-order valence-corrected chi connectivity index (χ2v) is 5.20. The summed E-state index contributed by atoms with van der Waals surface area (Å²) in [7, 11) is 0. The summed E-state index contributed by atoms with van der Waals surface area (Å²) in [6.45, 7) is 3.83. The van der Waals surface area contributed by atoms with Gasteiger partial charge in [-0.05, 0) is 40.5 Å². The predicted molar refractivity (Wildman–Crippen MR) is 74.9 cm³/mol. The molecule has 1 fully saturated rings. The van der Waals surface area contributed by atoms with Gasteiger partial charge in [0, 0.05) is 17.6 Å². The van der Waals surface area contributed by atoms with E-state index < -0.39 is 11.8 Å². The Bertz CT molecular complexity index is 499. The number of rotatable bonds is 1. The summed E-state index contributed by atoms with van der Waals surface area (Å²) in [5.74, 6) is -1.14. The van der Waals surface area contributed by atoms with Gasteiger partial charge >= 0.3 is 11.8 Å². The fourth-order valence-corrected chi connectivity index (χ4v) is 2.40. The highest BCUT2D eigenvalue weighted by atomic mass is 79.9. The van der Waals surface area contributed by atoms with E-state index in [2.05, 4.69) is 21.2 Å². The molecule has 5 nitrogen and oxygen atoms in total. The second-order valence-electron chi connectivity index (χ2n) is 4.34. The lowest BCUT2D eigenvalue weighted by atomic mass is 10.2. The van der Waals surface area contributed by atoms with Gasteiger partial charge in [0.2, 0.25) is 0 Å². The van der Waals surface area contributed by atoms with Crippen LogP contribution in [0.25, 0.3) is 0 Å². The molecule has 1 aliphatic heterocycles. The first-order valence-electron chi connectivity index (χ1n) is 6.02. The molecule has 0 unspecified atom stereocenters. The molecule has 0 aromatic heterocycles. The Balaban J connectivity index is 2.01. The van der Waals surface area contributed by atoms with Gasteiger partial charge in [-0.15, -0.1) is 0 Å². The van der Waals surface area contributed by atoms with Crippen LogP contribution in [0.5, 0.6) is 0 Å². The number of anilines is 1. The van der Waals surface area contributed by atoms with Crippen molar-refractivity contribution in [1.82, 2.24) is 4.90 Å². The molecule has 1 aromatic carbocycles. The quantitative estimate of drug-likeness (QED) is 0.797. The first kappa shape index (κ1) is 14.0. The van der Waals surface area contributed by atoms with Gasteiger partial charge in [0.1, 0.15) is 0 Å². The number of nitrogens with one attached hydrogen (secondary N) is 1. The van der Waals surface area contributed by atoms with Crippen molar-refractivity contribution in [2.24, 2.45) is 0 Å². The van der Waals surface area contributed by atoms with Gasteiger partial charge in [-0.2, -0.15) is 0 Å². The molecule has 1 N–H and O–H groups in total. The standard InChI is InChI=1S/C13H15BrN2O3/c1-9-2-3-11(10(14)8-9)15-12(17)13(18)16-4-6-19-7-5-16/h2-3,8H,4-7H2,1H3,(H,15,17). The van der Waals surface area contributed by atoms with Crippen LogP contribution < -0.4 is 5.32 Å². The van der Waals surface area contributed by atoms with Crippen molar-refractivity contribution in [1.29, 1.82) is 0 Å². The maximum atomic E-state index is 11.9. The highest BCUT2D eigenvalue weighted by Gasteiger charge is 2.24. The van der Waals surface area contributed by atoms with Crippen LogP contribution in [0.4, 0.5) is 5.69 Å². The molecular formula is C13H15BrN2O3. The summed E-state index contributed by atoms with van der Waals surface area (Å²) in [6, 6.07) is 5.53. The molecule has 0 radical (unpaired) electrons. The Kier molecular flexibility index (Phi) is 4.55. The first-order chi connectivity index (χ1) is 9.08. The highest BCUT2D eigenvalue weighted by molar-refractivity contribution is 9.10. The molecular weight excluding hydrogens is 312 g/mol. The average molecular weight is 327 g/mol. The lowest BCUT2D eigenvalue weighted by Crippen LogP contribution is -2.45. The minimum atomic E-state index is -0.619. The van der Waals surface area contributed by atoms with Crippen molar-refractivity contribution in [2.75, 3.05) is 31.6 Å². The Hall–Kier alpha value is -1.40. The molecule has 1 heterocycles. The first-order valence-corrected chi connectivity index (χ1v) is 6.81. The number of ether oxygens (including phenoxy) is 1. The summed E-state index contributed by atoms with van der Waals surface area (Å²) in [6.07, 6.45) is 0. The molecule has 1 aliphatic rings. The Labute approximate surface area is 120 Å². The van der Waals surface area contributed by atoms with Crippen molar-refractivity contribution in [3.05, 3.63) is 28.2 Å². The number of amides is 2. The van der Waals surface area contributed by atoms with Gasteiger partial charge in [0.15, 0.2) is 0 Å². The van der Waals surface area contributed by atoms with Gasteiger partial charge in [0.25, 0.3) is 0 Å². The van der Waals surface area contributed by atoms with Crippen LogP contribution in [0.2, 0.25) is 0 Å². The Morgan fingerprint density at radius 3 is 2.63 bits per heavy atom. The van der Waals surface area contributed by atoms with E-state index in [9.17, 15) is 9.59 Å². The molecule has 6 heteroatoms. The van der Waals surface area contributed by atoms with Gasteiger partial charge in [-0.3, -0.25) is 9.59 Å². The van der Waals surface area contributed by atoms with E-state index in [-0.39, 0.29) is 0 Å². The van der Waals surface area contributed by atoms with E-state index in [0.29, 0.717) is 32.0 Å². The zero-order valence-electron chi connectivity index (χ0n) is 10.6. The maximum Gasteiger partial charge on any atom is 0.313 e. The molecule has 2 amide bonds. The Morgan fingerprint density at radius 1 is 1.32 bits per heavy atom. The average Bonchev–Trinajstić information content (AvgIpc) is 2.42. The number of hydrogen-bond donors (Lipinski definition) is 1. The SMILES string of the molecule is Cc1ccc(NC(=O)C(=O)N2CCOCC2)c(Br)c1. The van der Waals surface area contributed by atoms with Crippen LogP contribution in [-0.2, 0) is 14.3 Å². The fraction of sp³-hybridized carbons (Fsp3) is 0.385. The molecule has 0 saturated carbocycles. The number of benzene rings is 1. The second kappa shape index (κ2) is 6.16. The van der Waals surface area contributed by atoms with E-state index in [1.54, 1.807) is 6.07 Å². The van der Waals surface area contributed by atoms with E-state index in [1.807, 2.05) is 19.1 Å². The summed E-state index contributed by atoms with van der Waals surface area (Å²) in [5, 5.41) is 2.62. The minimum absolute atomic E-state index is 0.460. The van der Waals surface area contributed by atoms with Crippen LogP contribution in [0.1, 0.15) is 5.56 Å². The fourth-order valence-electron chi connectivity index (χ4n) is 1.81. The van der Waals surface area contributed by atoms with Crippen molar-refractivity contribution in [3.8, 4) is 0 Å². The van der Waals surface area contributed by atoms with Crippen LogP contribution in [-0.4, -0.2) is 43.0 Å². The molecule has 1 aromatic rings. The summed E-state index contributed by atoms with van der Waals surface area (Å²) < 4.78 is 5.91. The summed E-state index contributed by atoms with van der Waals surface area (Å²) in [5.41, 5.74) is 1.67. The molecule has 1 saturated heterocycles. The van der Waals surface area contributed by atoms with E-state index in [1.165, 1.54) is 4.90 Å². The van der Waals surface area contributed by atoms with Gasteiger partial charge in [-0.25, -0.2) is 0 Å². The molecule has 0 spiro atoms. The van der Waals surface area contributed by atoms with Crippen molar-refractivity contribution in [2.45, 2.75) is 6.92 Å². The minimum Gasteiger partial charge on any atom is -0.378 e. The number of morpholine rings is 1. The smallest absolute Gasteiger partial charge is 0.313 e. The molecule has 0 atom stereocenters. The maximum absolute atomic E-state index is 11.9. The van der Waals surface area contributed by atoms with E-state index in [4.69, 9.17) is 4.74 Å². The van der Waals surface area contributed by atoms with Gasteiger partial charge in [0.05, 0.1) is 18.9 Å². The zero-order chi connectivity index (χ0) is 13.8. The number of halogens is 1. The number of carbonyl (C=O) groups is 2. The van der Waals surface area contributed by atoms with Crippen LogP contribution >= 0.6 is 15.9 Å². The number of carbonyl (C=O) groups excluding carboxylic acids is 2. The third kappa shape index (κ3) is 3.54. The Morgan fingerprint density at radius 2 is 2.00 bits per heavy atom. The van der Waals surface area contributed by atoms with E-state index in [0.717, 1.165) is 10.0 Å². The largest absolute Gasteiger partial charge is 0.378 e. The van der Waals surface area contributed by atoms with Crippen LogP contribution in [0, 0.1) is 6.92 Å². The summed E-state index contributed by atoms with van der Waals surface area (Å²) in [4.78, 5) is 25.3.